The fourth-order valence-corrected chi connectivity index (χ4v) is 4.26. The molecular weight excluding hydrogens is 352 g/mol. The van der Waals surface area contributed by atoms with Crippen LogP contribution in [0.1, 0.15) is 43.4 Å². The molecule has 1 heterocycles. The maximum atomic E-state index is 12.4. The van der Waals surface area contributed by atoms with Crippen LogP contribution in [0.25, 0.3) is 0 Å². The van der Waals surface area contributed by atoms with Crippen LogP contribution in [0.2, 0.25) is 0 Å². The summed E-state index contributed by atoms with van der Waals surface area (Å²) in [5, 5.41) is 2.94. The van der Waals surface area contributed by atoms with E-state index >= 15 is 0 Å². The molecule has 0 saturated heterocycles. The summed E-state index contributed by atoms with van der Waals surface area (Å²) in [7, 11) is 0. The van der Waals surface area contributed by atoms with Crippen LogP contribution < -0.4 is 5.32 Å². The molecule has 2 atom stereocenters. The molecule has 2 aromatic carbocycles. The molecule has 0 spiro atoms. The lowest BCUT2D eigenvalue weighted by Gasteiger charge is -2.13. The van der Waals surface area contributed by atoms with Crippen molar-refractivity contribution in [2.75, 3.05) is 18.5 Å². The van der Waals surface area contributed by atoms with Crippen molar-refractivity contribution in [1.82, 2.24) is 0 Å². The number of benzene rings is 2. The van der Waals surface area contributed by atoms with Crippen molar-refractivity contribution < 1.29 is 14.3 Å². The Morgan fingerprint density at radius 2 is 1.96 bits per heavy atom. The lowest BCUT2D eigenvalue weighted by Crippen LogP contribution is -2.13. The summed E-state index contributed by atoms with van der Waals surface area (Å²) in [6.45, 7) is 6.50. The fraction of sp³-hybridized carbons (Fsp3) is 0.348. The summed E-state index contributed by atoms with van der Waals surface area (Å²) in [6.07, 6.45) is 0. The maximum absolute atomic E-state index is 12.4. The van der Waals surface area contributed by atoms with Crippen LogP contribution in [0.15, 0.2) is 53.5 Å². The number of ether oxygens (including phenoxy) is 1. The van der Waals surface area contributed by atoms with Gasteiger partial charge in [0.15, 0.2) is 0 Å². The third-order valence-electron chi connectivity index (χ3n) is 5.73. The van der Waals surface area contributed by atoms with Crippen molar-refractivity contribution in [3.63, 3.8) is 0 Å². The van der Waals surface area contributed by atoms with E-state index in [2.05, 4.69) is 30.2 Å². The van der Waals surface area contributed by atoms with E-state index in [-0.39, 0.29) is 35.7 Å². The molecule has 5 nitrogen and oxygen atoms in total. The van der Waals surface area contributed by atoms with Gasteiger partial charge < -0.3 is 10.1 Å². The Morgan fingerprint density at radius 3 is 2.68 bits per heavy atom. The molecule has 144 valence electrons. The lowest BCUT2D eigenvalue weighted by atomic mass is 9.95. The molecule has 2 aromatic rings. The second-order valence-corrected chi connectivity index (χ2v) is 7.91. The topological polar surface area (TPSA) is 67.8 Å². The molecule has 1 aliphatic carbocycles. The second-order valence-electron chi connectivity index (χ2n) is 7.91. The monoisotopic (exact) mass is 376 g/mol. The Labute approximate surface area is 164 Å². The highest BCUT2D eigenvalue weighted by Crippen LogP contribution is 2.65. The molecule has 0 radical (unpaired) electrons. The van der Waals surface area contributed by atoms with Crippen LogP contribution in [0.4, 0.5) is 5.69 Å². The van der Waals surface area contributed by atoms with Crippen molar-refractivity contribution in [3.05, 3.63) is 65.2 Å². The summed E-state index contributed by atoms with van der Waals surface area (Å²) in [5.74, 6) is -0.329. The average Bonchev–Trinajstić information content (AvgIpc) is 3.30. The van der Waals surface area contributed by atoms with Gasteiger partial charge in [0.2, 0.25) is 5.91 Å². The number of esters is 1. The molecular formula is C23H24N2O3. The first-order valence-corrected chi connectivity index (χ1v) is 9.64. The standard InChI is InChI=1S/C23H24N2O3/c1-4-28-22(27)20-19(23(20,2)3)15-10-11-17-16(12-15)21(24-13-18(26)25-17)14-8-6-5-7-9-14/h5-12,19-20H,4,13H2,1-3H3,(H,25,26)/t19-,20+/m1/s1. The van der Waals surface area contributed by atoms with Crippen LogP contribution in [0, 0.1) is 11.3 Å². The molecule has 5 heteroatoms. The SMILES string of the molecule is CCOC(=O)[C@@H]1[C@@H](c2ccc3c(c2)C(c2ccccc2)=NCC(=O)N3)C1(C)C. The number of hydrogen-bond acceptors (Lipinski definition) is 4. The first-order chi connectivity index (χ1) is 13.4. The Balaban J connectivity index is 1.76. The van der Waals surface area contributed by atoms with Gasteiger partial charge in [-0.25, -0.2) is 0 Å². The van der Waals surface area contributed by atoms with Gasteiger partial charge in [-0.1, -0.05) is 50.2 Å². The molecule has 1 aliphatic heterocycles. The number of carbonyl (C=O) groups excluding carboxylic acids is 2. The number of hydrogen-bond donors (Lipinski definition) is 1. The average molecular weight is 376 g/mol. The first kappa shape index (κ1) is 18.4. The zero-order chi connectivity index (χ0) is 19.9. The van der Waals surface area contributed by atoms with Gasteiger partial charge in [0.05, 0.1) is 23.9 Å². The zero-order valence-electron chi connectivity index (χ0n) is 16.4. The molecule has 2 aliphatic rings. The van der Waals surface area contributed by atoms with Crippen molar-refractivity contribution in [1.29, 1.82) is 0 Å². The van der Waals surface area contributed by atoms with Gasteiger partial charge in [-0.2, -0.15) is 0 Å². The van der Waals surface area contributed by atoms with E-state index in [1.165, 1.54) is 0 Å². The Morgan fingerprint density at radius 1 is 1.21 bits per heavy atom. The van der Waals surface area contributed by atoms with Gasteiger partial charge in [-0.05, 0) is 30.0 Å². The Kier molecular flexibility index (Phi) is 4.53. The van der Waals surface area contributed by atoms with Gasteiger partial charge >= 0.3 is 5.97 Å². The summed E-state index contributed by atoms with van der Waals surface area (Å²) in [6, 6.07) is 15.9. The normalized spacial score (nSPS) is 22.4. The minimum atomic E-state index is -0.154. The van der Waals surface area contributed by atoms with E-state index in [4.69, 9.17) is 4.74 Å². The summed E-state index contributed by atoms with van der Waals surface area (Å²) in [5.41, 5.74) is 4.32. The van der Waals surface area contributed by atoms with E-state index in [1.54, 1.807) is 0 Å². The number of aliphatic imine (C=N–C) groups is 1. The van der Waals surface area contributed by atoms with Crippen LogP contribution in [0.5, 0.6) is 0 Å². The summed E-state index contributed by atoms with van der Waals surface area (Å²) in [4.78, 5) is 29.0. The number of rotatable bonds is 4. The molecule has 1 fully saturated rings. The minimum absolute atomic E-state index is 0.0906. The van der Waals surface area contributed by atoms with Gasteiger partial charge in [0.25, 0.3) is 0 Å². The summed E-state index contributed by atoms with van der Waals surface area (Å²) < 4.78 is 5.27. The van der Waals surface area contributed by atoms with Gasteiger partial charge in [-0.15, -0.1) is 0 Å². The molecule has 0 unspecified atom stereocenters. The number of fused-ring (bicyclic) bond motifs is 1. The quantitative estimate of drug-likeness (QED) is 0.826. The Hall–Kier alpha value is -2.95. The number of carbonyl (C=O) groups is 2. The Bertz CT molecular complexity index is 963. The van der Waals surface area contributed by atoms with Crippen molar-refractivity contribution >= 4 is 23.3 Å². The molecule has 0 bridgehead atoms. The highest BCUT2D eigenvalue weighted by molar-refractivity contribution is 6.19. The number of nitrogens with zero attached hydrogens (tertiary/aromatic N) is 1. The second kappa shape index (κ2) is 6.89. The third-order valence-corrected chi connectivity index (χ3v) is 5.73. The van der Waals surface area contributed by atoms with Crippen molar-refractivity contribution in [3.8, 4) is 0 Å². The molecule has 1 amide bonds. The molecule has 1 N–H and O–H groups in total. The van der Waals surface area contributed by atoms with Crippen molar-refractivity contribution in [2.45, 2.75) is 26.7 Å². The highest BCUT2D eigenvalue weighted by Gasteiger charge is 2.63. The van der Waals surface area contributed by atoms with E-state index in [1.807, 2.05) is 49.4 Å². The molecule has 28 heavy (non-hydrogen) atoms. The van der Waals surface area contributed by atoms with Crippen LogP contribution in [-0.4, -0.2) is 30.7 Å². The van der Waals surface area contributed by atoms with Crippen LogP contribution in [0.3, 0.4) is 0 Å². The van der Waals surface area contributed by atoms with Gasteiger partial charge in [0, 0.05) is 17.0 Å². The highest BCUT2D eigenvalue weighted by atomic mass is 16.5. The number of benzodiazepines with no additional fused rings is 1. The fourth-order valence-electron chi connectivity index (χ4n) is 4.26. The molecule has 4 rings (SSSR count). The lowest BCUT2D eigenvalue weighted by molar-refractivity contribution is -0.145. The first-order valence-electron chi connectivity index (χ1n) is 9.64. The van der Waals surface area contributed by atoms with E-state index in [0.29, 0.717) is 6.61 Å². The van der Waals surface area contributed by atoms with Gasteiger partial charge in [-0.3, -0.25) is 14.6 Å². The predicted octanol–water partition coefficient (Wildman–Crippen LogP) is 3.78. The van der Waals surface area contributed by atoms with E-state index in [0.717, 1.165) is 28.1 Å². The van der Waals surface area contributed by atoms with Crippen LogP contribution >= 0.6 is 0 Å². The smallest absolute Gasteiger partial charge is 0.310 e. The zero-order valence-corrected chi connectivity index (χ0v) is 16.4. The number of anilines is 1. The predicted molar refractivity (Wildman–Crippen MR) is 109 cm³/mol. The summed E-state index contributed by atoms with van der Waals surface area (Å²) >= 11 is 0. The largest absolute Gasteiger partial charge is 0.466 e. The molecule has 1 saturated carbocycles. The minimum Gasteiger partial charge on any atom is -0.466 e. The number of amides is 1. The molecule has 0 aromatic heterocycles. The van der Waals surface area contributed by atoms with Crippen LogP contribution in [-0.2, 0) is 14.3 Å². The van der Waals surface area contributed by atoms with Gasteiger partial charge in [0.1, 0.15) is 6.54 Å². The van der Waals surface area contributed by atoms with E-state index < -0.39 is 0 Å². The maximum Gasteiger partial charge on any atom is 0.310 e. The van der Waals surface area contributed by atoms with E-state index in [9.17, 15) is 9.59 Å². The number of nitrogens with one attached hydrogen (secondary N) is 1. The third kappa shape index (κ3) is 3.11. The van der Waals surface area contributed by atoms with Crippen molar-refractivity contribution in [2.24, 2.45) is 16.3 Å².